The first-order chi connectivity index (χ1) is 15.2. The van der Waals surface area contributed by atoms with Crippen LogP contribution in [-0.2, 0) is 11.3 Å². The Morgan fingerprint density at radius 3 is 2.59 bits per heavy atom. The van der Waals surface area contributed by atoms with Gasteiger partial charge >= 0.3 is 5.69 Å². The average molecular weight is 435 g/mol. The predicted molar refractivity (Wildman–Crippen MR) is 112 cm³/mol. The monoisotopic (exact) mass is 435 g/mol. The van der Waals surface area contributed by atoms with E-state index in [-0.39, 0.29) is 12.1 Å². The minimum Gasteiger partial charge on any atom is -0.506 e. The minimum atomic E-state index is -0.998. The zero-order chi connectivity index (χ0) is 23.4. The first-order valence-electron chi connectivity index (χ1n) is 9.10. The van der Waals surface area contributed by atoms with E-state index in [0.717, 1.165) is 22.7 Å². The average Bonchev–Trinajstić information content (AvgIpc) is 3.24. The van der Waals surface area contributed by atoms with Crippen molar-refractivity contribution in [2.24, 2.45) is 0 Å². The van der Waals surface area contributed by atoms with E-state index in [2.05, 4.69) is 4.98 Å². The van der Waals surface area contributed by atoms with Crippen molar-refractivity contribution in [1.82, 2.24) is 14.5 Å². The van der Waals surface area contributed by atoms with Crippen molar-refractivity contribution in [2.45, 2.75) is 6.54 Å². The lowest BCUT2D eigenvalue weighted by Gasteiger charge is -2.16. The van der Waals surface area contributed by atoms with E-state index in [9.17, 15) is 35.5 Å². The number of hydrogen-bond donors (Lipinski definition) is 3. The molecule has 3 aromatic rings. The highest BCUT2D eigenvalue weighted by molar-refractivity contribution is 6.03. The molecule has 1 aromatic heterocycles. The van der Waals surface area contributed by atoms with Crippen LogP contribution < -0.4 is 0 Å². The second-order valence-corrected chi connectivity index (χ2v) is 6.72. The number of nitrogens with zero attached hydrogens (tertiary/aromatic N) is 5. The molecule has 0 fully saturated rings. The molecule has 0 unspecified atom stereocenters. The molecule has 0 aliphatic carbocycles. The summed E-state index contributed by atoms with van der Waals surface area (Å²) in [5, 5.41) is 50.1. The third-order valence-electron chi connectivity index (χ3n) is 4.54. The van der Waals surface area contributed by atoms with Crippen LogP contribution in [0, 0.1) is 21.4 Å². The maximum Gasteiger partial charge on any atom is 0.315 e. The van der Waals surface area contributed by atoms with Gasteiger partial charge in [0, 0.05) is 30.6 Å². The van der Waals surface area contributed by atoms with Crippen LogP contribution in [0.25, 0.3) is 11.4 Å². The summed E-state index contributed by atoms with van der Waals surface area (Å²) in [6.45, 7) is 0.0120. The number of carbonyl (C=O) groups is 1. The zero-order valence-corrected chi connectivity index (χ0v) is 16.7. The number of rotatable bonds is 6. The molecule has 0 bridgehead atoms. The quantitative estimate of drug-likeness (QED) is 0.133. The van der Waals surface area contributed by atoms with Crippen LogP contribution in [-0.4, -0.2) is 47.6 Å². The van der Waals surface area contributed by atoms with Gasteiger partial charge in [-0.05, 0) is 18.2 Å². The fraction of sp³-hybridized carbons (Fsp3) is 0.0952. The maximum absolute atomic E-state index is 12.7. The summed E-state index contributed by atoms with van der Waals surface area (Å²) in [5.41, 5.74) is -0.590. The number of hydrogen-bond acceptors (Lipinski definition) is 8. The summed E-state index contributed by atoms with van der Waals surface area (Å²) < 4.78 is 1.75. The van der Waals surface area contributed by atoms with Crippen LogP contribution in [0.3, 0.4) is 0 Å². The van der Waals surface area contributed by atoms with Gasteiger partial charge in [0.2, 0.25) is 5.75 Å². The SMILES string of the molecule is CN(Cc1cn(-c2ccccc2)cn1)C(=O)/C(C#N)=C(\O)c1cc(O)c(O)c([N+](=O)[O-])c1. The van der Waals surface area contributed by atoms with Gasteiger partial charge in [0.05, 0.1) is 23.5 Å². The summed E-state index contributed by atoms with van der Waals surface area (Å²) >= 11 is 0. The highest BCUT2D eigenvalue weighted by atomic mass is 16.6. The lowest BCUT2D eigenvalue weighted by Crippen LogP contribution is -2.28. The lowest BCUT2D eigenvalue weighted by molar-refractivity contribution is -0.386. The molecule has 3 rings (SSSR count). The largest absolute Gasteiger partial charge is 0.506 e. The molecule has 0 atom stereocenters. The topological polar surface area (TPSA) is 166 Å². The van der Waals surface area contributed by atoms with Crippen LogP contribution in [0.1, 0.15) is 11.3 Å². The van der Waals surface area contributed by atoms with Crippen molar-refractivity contribution in [3.8, 4) is 23.3 Å². The number of nitriles is 1. The maximum atomic E-state index is 12.7. The van der Waals surface area contributed by atoms with Crippen LogP contribution in [0.5, 0.6) is 11.5 Å². The number of aromatic nitrogens is 2. The highest BCUT2D eigenvalue weighted by Crippen LogP contribution is 2.38. The number of para-hydroxylation sites is 1. The van der Waals surface area contributed by atoms with E-state index in [1.165, 1.54) is 7.05 Å². The van der Waals surface area contributed by atoms with E-state index >= 15 is 0 Å². The third-order valence-corrected chi connectivity index (χ3v) is 4.54. The van der Waals surface area contributed by atoms with Gasteiger partial charge < -0.3 is 24.8 Å². The van der Waals surface area contributed by atoms with Crippen LogP contribution >= 0.6 is 0 Å². The minimum absolute atomic E-state index is 0.0120. The first-order valence-corrected chi connectivity index (χ1v) is 9.10. The molecule has 11 nitrogen and oxygen atoms in total. The molecule has 3 N–H and O–H groups in total. The Bertz CT molecular complexity index is 1260. The van der Waals surface area contributed by atoms with Crippen molar-refractivity contribution in [1.29, 1.82) is 5.26 Å². The van der Waals surface area contributed by atoms with Crippen molar-refractivity contribution in [3.63, 3.8) is 0 Å². The van der Waals surface area contributed by atoms with Crippen molar-refractivity contribution >= 4 is 17.4 Å². The molecule has 0 aliphatic heterocycles. The van der Waals surface area contributed by atoms with Gasteiger partial charge in [0.15, 0.2) is 11.3 Å². The molecular weight excluding hydrogens is 418 g/mol. The molecule has 162 valence electrons. The molecule has 0 spiro atoms. The Hall–Kier alpha value is -4.85. The van der Waals surface area contributed by atoms with E-state index < -0.39 is 39.3 Å². The summed E-state index contributed by atoms with van der Waals surface area (Å²) in [6, 6.07) is 12.5. The van der Waals surface area contributed by atoms with Gasteiger partial charge in [-0.25, -0.2) is 4.98 Å². The predicted octanol–water partition coefficient (Wildman–Crippen LogP) is 2.64. The van der Waals surface area contributed by atoms with Gasteiger partial charge in [-0.3, -0.25) is 14.9 Å². The van der Waals surface area contributed by atoms with Crippen molar-refractivity contribution < 1.29 is 25.0 Å². The van der Waals surface area contributed by atoms with Crippen molar-refractivity contribution in [2.75, 3.05) is 7.05 Å². The Labute approximate surface area is 181 Å². The molecule has 0 saturated heterocycles. The van der Waals surface area contributed by atoms with Crippen LogP contribution in [0.4, 0.5) is 5.69 Å². The highest BCUT2D eigenvalue weighted by Gasteiger charge is 2.25. The van der Waals surface area contributed by atoms with E-state index in [4.69, 9.17) is 0 Å². The third kappa shape index (κ3) is 4.34. The van der Waals surface area contributed by atoms with Crippen molar-refractivity contribution in [3.05, 3.63) is 81.9 Å². The second kappa shape index (κ2) is 8.88. The first kappa shape index (κ1) is 21.8. The number of aliphatic hydroxyl groups excluding tert-OH is 1. The van der Waals surface area contributed by atoms with Gasteiger partial charge in [-0.1, -0.05) is 18.2 Å². The number of phenols is 2. The number of imidazole rings is 1. The number of phenolic OH excluding ortho intramolecular Hbond substituents is 2. The van der Waals surface area contributed by atoms with E-state index in [0.29, 0.717) is 5.69 Å². The standard InChI is InChI=1S/C21H17N5O6/c1-24(10-14-11-25(12-23-14)15-5-3-2-4-6-15)21(30)16(9-22)19(28)13-7-17(26(31)32)20(29)18(27)8-13/h2-8,11-12,27-29H,10H2,1H3/b19-16-. The summed E-state index contributed by atoms with van der Waals surface area (Å²) in [5.74, 6) is -3.63. The molecule has 2 aromatic carbocycles. The number of amides is 1. The summed E-state index contributed by atoms with van der Waals surface area (Å²) in [4.78, 5) is 28.2. The smallest absolute Gasteiger partial charge is 0.315 e. The Morgan fingerprint density at radius 1 is 1.28 bits per heavy atom. The number of nitro benzene ring substituents is 1. The number of carbonyl (C=O) groups excluding carboxylic acids is 1. The fourth-order valence-electron chi connectivity index (χ4n) is 2.92. The number of aliphatic hydroxyl groups is 1. The Kier molecular flexibility index (Phi) is 6.07. The van der Waals surface area contributed by atoms with E-state index in [1.807, 2.05) is 30.3 Å². The number of nitro groups is 1. The molecule has 11 heteroatoms. The normalized spacial score (nSPS) is 11.4. The lowest BCUT2D eigenvalue weighted by atomic mass is 10.1. The molecule has 32 heavy (non-hydrogen) atoms. The molecule has 0 radical (unpaired) electrons. The van der Waals surface area contributed by atoms with Gasteiger partial charge in [-0.2, -0.15) is 5.26 Å². The Morgan fingerprint density at radius 2 is 1.97 bits per heavy atom. The van der Waals surface area contributed by atoms with E-state index in [1.54, 1.807) is 23.2 Å². The zero-order valence-electron chi connectivity index (χ0n) is 16.7. The number of likely N-dealkylation sites (N-methyl/N-ethyl adjacent to an activating group) is 1. The van der Waals surface area contributed by atoms with Gasteiger partial charge in [0.1, 0.15) is 11.8 Å². The molecule has 1 heterocycles. The van der Waals surface area contributed by atoms with Gasteiger partial charge in [0.25, 0.3) is 5.91 Å². The Balaban J connectivity index is 1.87. The molecule has 0 aliphatic rings. The van der Waals surface area contributed by atoms with Gasteiger partial charge in [-0.15, -0.1) is 0 Å². The molecule has 1 amide bonds. The number of benzene rings is 2. The summed E-state index contributed by atoms with van der Waals surface area (Å²) in [7, 11) is 1.39. The molecular formula is C21H17N5O6. The van der Waals surface area contributed by atoms with Crippen LogP contribution in [0.15, 0.2) is 60.6 Å². The van der Waals surface area contributed by atoms with Crippen LogP contribution in [0.2, 0.25) is 0 Å². The summed E-state index contributed by atoms with van der Waals surface area (Å²) in [6.07, 6.45) is 3.27. The molecule has 0 saturated carbocycles. The fourth-order valence-corrected chi connectivity index (χ4v) is 2.92. The number of aromatic hydroxyl groups is 2. The second-order valence-electron chi connectivity index (χ2n) is 6.72.